The zero-order chi connectivity index (χ0) is 13.1. The number of rotatable bonds is 5. The molecule has 17 heavy (non-hydrogen) atoms. The molecule has 0 aliphatic heterocycles. The highest BCUT2D eigenvalue weighted by Gasteiger charge is 2.14. The van der Waals surface area contributed by atoms with E-state index >= 15 is 0 Å². The molecule has 1 aromatic rings. The minimum atomic E-state index is -3.15. The molecule has 0 aliphatic carbocycles. The molecule has 0 radical (unpaired) electrons. The van der Waals surface area contributed by atoms with Crippen LogP contribution >= 0.6 is 11.8 Å². The predicted octanol–water partition coefficient (Wildman–Crippen LogP) is 0.890. The summed E-state index contributed by atoms with van der Waals surface area (Å²) in [4.78, 5) is 1.19. The Labute approximate surface area is 106 Å². The SMILES string of the molecule is CC(N)C(CO)Sc1ccc(S(C)(=O)=O)cc1. The van der Waals surface area contributed by atoms with Crippen molar-refractivity contribution in [2.24, 2.45) is 5.73 Å². The molecule has 4 nitrogen and oxygen atoms in total. The molecule has 0 amide bonds. The number of hydrogen-bond acceptors (Lipinski definition) is 5. The van der Waals surface area contributed by atoms with E-state index in [2.05, 4.69) is 0 Å². The number of aliphatic hydroxyl groups excluding tert-OH is 1. The van der Waals surface area contributed by atoms with Gasteiger partial charge in [-0.2, -0.15) is 0 Å². The Hall–Kier alpha value is -0.560. The van der Waals surface area contributed by atoms with E-state index in [4.69, 9.17) is 10.8 Å². The third kappa shape index (κ3) is 4.31. The molecule has 0 saturated heterocycles. The Morgan fingerprint density at radius 3 is 2.24 bits per heavy atom. The van der Waals surface area contributed by atoms with Gasteiger partial charge in [0.25, 0.3) is 0 Å². The molecule has 2 unspecified atom stereocenters. The van der Waals surface area contributed by atoms with Crippen LogP contribution in [0.5, 0.6) is 0 Å². The Kier molecular flexibility index (Phi) is 5.00. The second kappa shape index (κ2) is 5.86. The maximum atomic E-state index is 11.3. The topological polar surface area (TPSA) is 80.4 Å². The lowest BCUT2D eigenvalue weighted by Gasteiger charge is -2.17. The van der Waals surface area contributed by atoms with Gasteiger partial charge in [-0.05, 0) is 31.2 Å². The van der Waals surface area contributed by atoms with E-state index in [0.29, 0.717) is 4.90 Å². The summed E-state index contributed by atoms with van der Waals surface area (Å²) in [5.41, 5.74) is 5.72. The standard InChI is InChI=1S/C11H17NO3S2/c1-8(12)11(7-13)16-9-3-5-10(6-4-9)17(2,14)15/h3-6,8,11,13H,7,12H2,1-2H3. The molecular weight excluding hydrogens is 258 g/mol. The van der Waals surface area contributed by atoms with Crippen molar-refractivity contribution in [2.45, 2.75) is 28.0 Å². The third-order valence-electron chi connectivity index (χ3n) is 2.31. The van der Waals surface area contributed by atoms with Gasteiger partial charge < -0.3 is 10.8 Å². The molecular formula is C11H17NO3S2. The second-order valence-corrected chi connectivity index (χ2v) is 7.27. The normalized spacial score (nSPS) is 15.5. The molecule has 6 heteroatoms. The maximum Gasteiger partial charge on any atom is 0.175 e. The van der Waals surface area contributed by atoms with Gasteiger partial charge in [-0.25, -0.2) is 8.42 Å². The monoisotopic (exact) mass is 275 g/mol. The van der Waals surface area contributed by atoms with Crippen LogP contribution in [0.2, 0.25) is 0 Å². The highest BCUT2D eigenvalue weighted by molar-refractivity contribution is 8.00. The van der Waals surface area contributed by atoms with E-state index < -0.39 is 9.84 Å². The summed E-state index contributed by atoms with van der Waals surface area (Å²) >= 11 is 1.45. The number of benzene rings is 1. The second-order valence-electron chi connectivity index (χ2n) is 3.94. The van der Waals surface area contributed by atoms with Gasteiger partial charge >= 0.3 is 0 Å². The first-order valence-electron chi connectivity index (χ1n) is 5.18. The lowest BCUT2D eigenvalue weighted by molar-refractivity contribution is 0.285. The fraction of sp³-hybridized carbons (Fsp3) is 0.455. The van der Waals surface area contributed by atoms with E-state index in [1.165, 1.54) is 18.0 Å². The quantitative estimate of drug-likeness (QED) is 0.780. The average Bonchev–Trinajstić information content (AvgIpc) is 2.25. The minimum absolute atomic E-state index is 0.00381. The van der Waals surface area contributed by atoms with Crippen molar-refractivity contribution in [1.29, 1.82) is 0 Å². The van der Waals surface area contributed by atoms with Gasteiger partial charge in [0.05, 0.1) is 11.5 Å². The number of nitrogens with two attached hydrogens (primary N) is 1. The van der Waals surface area contributed by atoms with Crippen LogP contribution in [-0.2, 0) is 9.84 Å². The first kappa shape index (κ1) is 14.5. The Morgan fingerprint density at radius 2 is 1.88 bits per heavy atom. The van der Waals surface area contributed by atoms with Crippen molar-refractivity contribution in [3.05, 3.63) is 24.3 Å². The molecule has 0 aliphatic rings. The number of hydrogen-bond donors (Lipinski definition) is 2. The van der Waals surface area contributed by atoms with Crippen molar-refractivity contribution in [3.8, 4) is 0 Å². The van der Waals surface area contributed by atoms with Crippen LogP contribution in [0.1, 0.15) is 6.92 Å². The summed E-state index contributed by atoms with van der Waals surface area (Å²) in [6, 6.07) is 6.46. The zero-order valence-electron chi connectivity index (χ0n) is 9.83. The van der Waals surface area contributed by atoms with Gasteiger partial charge in [0, 0.05) is 22.4 Å². The summed E-state index contributed by atoms with van der Waals surface area (Å²) in [7, 11) is -3.15. The van der Waals surface area contributed by atoms with Crippen molar-refractivity contribution in [2.75, 3.05) is 12.9 Å². The minimum Gasteiger partial charge on any atom is -0.395 e. The first-order valence-corrected chi connectivity index (χ1v) is 7.95. The molecule has 0 saturated carbocycles. The van der Waals surface area contributed by atoms with Crippen LogP contribution in [0.3, 0.4) is 0 Å². The summed E-state index contributed by atoms with van der Waals surface area (Å²) in [6.45, 7) is 1.83. The molecule has 1 aromatic carbocycles. The lowest BCUT2D eigenvalue weighted by atomic mass is 10.3. The van der Waals surface area contributed by atoms with Crippen LogP contribution in [0.15, 0.2) is 34.1 Å². The lowest BCUT2D eigenvalue weighted by Crippen LogP contribution is -2.31. The fourth-order valence-corrected chi connectivity index (χ4v) is 2.81. The molecule has 0 aromatic heterocycles. The van der Waals surface area contributed by atoms with Crippen molar-refractivity contribution < 1.29 is 13.5 Å². The van der Waals surface area contributed by atoms with Gasteiger partial charge in [0.15, 0.2) is 9.84 Å². The van der Waals surface area contributed by atoms with Crippen LogP contribution in [-0.4, -0.2) is 37.7 Å². The summed E-state index contributed by atoms with van der Waals surface area (Å²) in [6.07, 6.45) is 1.17. The number of aliphatic hydroxyl groups is 1. The van der Waals surface area contributed by atoms with Crippen molar-refractivity contribution in [3.63, 3.8) is 0 Å². The van der Waals surface area contributed by atoms with Gasteiger partial charge in [-0.15, -0.1) is 11.8 Å². The number of sulfone groups is 1. The van der Waals surface area contributed by atoms with Crippen LogP contribution in [0.25, 0.3) is 0 Å². The van der Waals surface area contributed by atoms with Crippen molar-refractivity contribution in [1.82, 2.24) is 0 Å². The largest absolute Gasteiger partial charge is 0.395 e. The molecule has 96 valence electrons. The van der Waals surface area contributed by atoms with E-state index in [1.807, 2.05) is 6.92 Å². The molecule has 0 spiro atoms. The molecule has 2 atom stereocenters. The van der Waals surface area contributed by atoms with E-state index in [1.54, 1.807) is 24.3 Å². The molecule has 0 fully saturated rings. The highest BCUT2D eigenvalue weighted by Crippen LogP contribution is 2.25. The summed E-state index contributed by atoms with van der Waals surface area (Å²) < 4.78 is 22.5. The molecule has 0 heterocycles. The van der Waals surface area contributed by atoms with Gasteiger partial charge in [0.1, 0.15) is 0 Å². The number of thioether (sulfide) groups is 1. The van der Waals surface area contributed by atoms with E-state index in [-0.39, 0.29) is 17.9 Å². The van der Waals surface area contributed by atoms with Gasteiger partial charge in [-0.1, -0.05) is 0 Å². The maximum absolute atomic E-state index is 11.3. The Bertz CT molecular complexity index is 454. The molecule has 3 N–H and O–H groups in total. The average molecular weight is 275 g/mol. The van der Waals surface area contributed by atoms with Crippen LogP contribution < -0.4 is 5.73 Å². The molecule has 1 rings (SSSR count). The summed E-state index contributed by atoms with van der Waals surface area (Å²) in [5, 5.41) is 9.06. The smallest absolute Gasteiger partial charge is 0.175 e. The third-order valence-corrected chi connectivity index (χ3v) is 4.86. The first-order chi connectivity index (χ1) is 7.84. The van der Waals surface area contributed by atoms with E-state index in [0.717, 1.165) is 4.90 Å². The fourth-order valence-electron chi connectivity index (χ4n) is 1.25. The van der Waals surface area contributed by atoms with Crippen molar-refractivity contribution >= 4 is 21.6 Å². The van der Waals surface area contributed by atoms with E-state index in [9.17, 15) is 8.42 Å². The molecule has 0 bridgehead atoms. The van der Waals surface area contributed by atoms with Crippen LogP contribution in [0.4, 0.5) is 0 Å². The zero-order valence-corrected chi connectivity index (χ0v) is 11.5. The van der Waals surface area contributed by atoms with Gasteiger partial charge in [-0.3, -0.25) is 0 Å². The Balaban J connectivity index is 2.82. The Morgan fingerprint density at radius 1 is 1.35 bits per heavy atom. The van der Waals surface area contributed by atoms with Crippen LogP contribution in [0, 0.1) is 0 Å². The predicted molar refractivity (Wildman–Crippen MR) is 69.9 cm³/mol. The van der Waals surface area contributed by atoms with Gasteiger partial charge in [0.2, 0.25) is 0 Å². The summed E-state index contributed by atoms with van der Waals surface area (Å²) in [5.74, 6) is 0. The highest BCUT2D eigenvalue weighted by atomic mass is 32.2.